The van der Waals surface area contributed by atoms with Crippen LogP contribution in [0, 0.1) is 11.3 Å². The van der Waals surface area contributed by atoms with Gasteiger partial charge in [0, 0.05) is 6.54 Å². The van der Waals surface area contributed by atoms with Gasteiger partial charge in [0.05, 0.1) is 33.0 Å². The summed E-state index contributed by atoms with van der Waals surface area (Å²) in [7, 11) is 4.63. The molecule has 0 unspecified atom stereocenters. The predicted octanol–water partition coefficient (Wildman–Crippen LogP) is 4.03. The largest absolute Gasteiger partial charge is 0.493 e. The summed E-state index contributed by atoms with van der Waals surface area (Å²) in [6, 6.07) is 10.8. The Morgan fingerprint density at radius 1 is 1.10 bits per heavy atom. The van der Waals surface area contributed by atoms with E-state index in [0.717, 1.165) is 5.56 Å². The number of carbonyl (C=O) groups is 1. The van der Waals surface area contributed by atoms with Crippen molar-refractivity contribution in [2.75, 3.05) is 34.5 Å². The first-order chi connectivity index (χ1) is 15.0. The third-order valence-electron chi connectivity index (χ3n) is 4.36. The van der Waals surface area contributed by atoms with Crippen molar-refractivity contribution in [3.63, 3.8) is 0 Å². The molecule has 7 nitrogen and oxygen atoms in total. The van der Waals surface area contributed by atoms with Gasteiger partial charge in [-0.05, 0) is 54.8 Å². The van der Waals surface area contributed by atoms with Crippen molar-refractivity contribution in [3.8, 4) is 29.1 Å². The van der Waals surface area contributed by atoms with Gasteiger partial charge in [0.15, 0.2) is 23.0 Å². The molecule has 1 amide bonds. The van der Waals surface area contributed by atoms with Gasteiger partial charge in [0.1, 0.15) is 11.6 Å². The van der Waals surface area contributed by atoms with E-state index in [1.54, 1.807) is 32.4 Å². The zero-order valence-corrected chi connectivity index (χ0v) is 18.7. The van der Waals surface area contributed by atoms with Crippen LogP contribution in [0.3, 0.4) is 0 Å². The lowest BCUT2D eigenvalue weighted by Crippen LogP contribution is -2.26. The molecule has 2 aromatic carbocycles. The first-order valence-electron chi connectivity index (χ1n) is 9.58. The SMILES string of the molecule is CCOc1cc(/C=C(\C#N)C(=O)NCCc2ccc(OC)c(OC)c2)cc(Cl)c1OC. The van der Waals surface area contributed by atoms with Crippen molar-refractivity contribution >= 4 is 23.6 Å². The second-order valence-electron chi connectivity index (χ2n) is 6.33. The molecule has 0 aliphatic heterocycles. The molecular formula is C23H25ClN2O5. The van der Waals surface area contributed by atoms with Gasteiger partial charge in [0.2, 0.25) is 0 Å². The molecule has 0 heterocycles. The molecule has 0 fully saturated rings. The maximum absolute atomic E-state index is 12.5. The summed E-state index contributed by atoms with van der Waals surface area (Å²) < 4.78 is 21.3. The lowest BCUT2D eigenvalue weighted by atomic mass is 10.1. The normalized spacial score (nSPS) is 10.8. The minimum Gasteiger partial charge on any atom is -0.493 e. The maximum Gasteiger partial charge on any atom is 0.261 e. The highest BCUT2D eigenvalue weighted by Gasteiger charge is 2.14. The van der Waals surface area contributed by atoms with Crippen LogP contribution < -0.4 is 24.3 Å². The summed E-state index contributed by atoms with van der Waals surface area (Å²) in [5, 5.41) is 12.5. The fourth-order valence-electron chi connectivity index (χ4n) is 2.90. The van der Waals surface area contributed by atoms with E-state index >= 15 is 0 Å². The van der Waals surface area contributed by atoms with Crippen LogP contribution in [0.2, 0.25) is 5.02 Å². The Morgan fingerprint density at radius 3 is 2.45 bits per heavy atom. The van der Waals surface area contributed by atoms with Crippen molar-refractivity contribution < 1.29 is 23.7 Å². The number of ether oxygens (including phenoxy) is 4. The number of nitrogens with zero attached hydrogens (tertiary/aromatic N) is 1. The number of carbonyl (C=O) groups excluding carboxylic acids is 1. The summed E-state index contributed by atoms with van der Waals surface area (Å²) in [5.41, 5.74) is 1.47. The molecular weight excluding hydrogens is 420 g/mol. The van der Waals surface area contributed by atoms with Crippen molar-refractivity contribution in [2.24, 2.45) is 0 Å². The highest BCUT2D eigenvalue weighted by atomic mass is 35.5. The molecule has 8 heteroatoms. The van der Waals surface area contributed by atoms with Gasteiger partial charge in [-0.15, -0.1) is 0 Å². The topological polar surface area (TPSA) is 89.8 Å². The summed E-state index contributed by atoms with van der Waals surface area (Å²) >= 11 is 6.24. The predicted molar refractivity (Wildman–Crippen MR) is 119 cm³/mol. The number of rotatable bonds is 10. The monoisotopic (exact) mass is 444 g/mol. The molecule has 0 aromatic heterocycles. The second-order valence-corrected chi connectivity index (χ2v) is 6.74. The number of nitriles is 1. The van der Waals surface area contributed by atoms with Crippen molar-refractivity contribution in [2.45, 2.75) is 13.3 Å². The minimum atomic E-state index is -0.479. The number of nitrogens with one attached hydrogen (secondary N) is 1. The Morgan fingerprint density at radius 2 is 1.84 bits per heavy atom. The Bertz CT molecular complexity index is 998. The van der Waals surface area contributed by atoms with Gasteiger partial charge in [-0.2, -0.15) is 5.26 Å². The van der Waals surface area contributed by atoms with Crippen LogP contribution in [0.25, 0.3) is 6.08 Å². The van der Waals surface area contributed by atoms with E-state index in [-0.39, 0.29) is 5.57 Å². The van der Waals surface area contributed by atoms with E-state index in [0.29, 0.717) is 53.2 Å². The van der Waals surface area contributed by atoms with Crippen LogP contribution in [0.15, 0.2) is 35.9 Å². The van der Waals surface area contributed by atoms with Gasteiger partial charge >= 0.3 is 0 Å². The van der Waals surface area contributed by atoms with Crippen LogP contribution in [0.1, 0.15) is 18.1 Å². The Kier molecular flexibility index (Phi) is 9.04. The van der Waals surface area contributed by atoms with E-state index in [1.807, 2.05) is 25.1 Å². The fraction of sp³-hybridized carbons (Fsp3) is 0.304. The van der Waals surface area contributed by atoms with Gasteiger partial charge in [-0.3, -0.25) is 4.79 Å². The number of amides is 1. The molecule has 0 saturated heterocycles. The smallest absolute Gasteiger partial charge is 0.261 e. The molecule has 0 saturated carbocycles. The zero-order valence-electron chi connectivity index (χ0n) is 18.0. The lowest BCUT2D eigenvalue weighted by Gasteiger charge is -2.12. The Hall–Kier alpha value is -3.37. The standard InChI is InChI=1S/C23H25ClN2O5/c1-5-31-21-13-16(11-18(24)22(21)30-4)10-17(14-25)23(27)26-9-8-15-6-7-19(28-2)20(12-15)29-3/h6-7,10-13H,5,8-9H2,1-4H3,(H,26,27)/b17-10+. The fourth-order valence-corrected chi connectivity index (χ4v) is 3.20. The summed E-state index contributed by atoms with van der Waals surface area (Å²) in [6.07, 6.45) is 2.02. The number of benzene rings is 2. The third-order valence-corrected chi connectivity index (χ3v) is 4.64. The summed E-state index contributed by atoms with van der Waals surface area (Å²) in [5.74, 6) is 1.61. The maximum atomic E-state index is 12.5. The van der Waals surface area contributed by atoms with Crippen molar-refractivity contribution in [1.82, 2.24) is 5.32 Å². The number of methoxy groups -OCH3 is 3. The number of hydrogen-bond acceptors (Lipinski definition) is 6. The van der Waals surface area contributed by atoms with Crippen molar-refractivity contribution in [3.05, 3.63) is 52.1 Å². The number of hydrogen-bond donors (Lipinski definition) is 1. The molecule has 0 aliphatic rings. The molecule has 1 N–H and O–H groups in total. The molecule has 0 bridgehead atoms. The molecule has 31 heavy (non-hydrogen) atoms. The van der Waals surface area contributed by atoms with Crippen LogP contribution in [0.5, 0.6) is 23.0 Å². The van der Waals surface area contributed by atoms with Gasteiger partial charge in [-0.25, -0.2) is 0 Å². The molecule has 0 radical (unpaired) electrons. The first-order valence-corrected chi connectivity index (χ1v) is 9.96. The Labute approximate surface area is 187 Å². The highest BCUT2D eigenvalue weighted by molar-refractivity contribution is 6.32. The van der Waals surface area contributed by atoms with Crippen LogP contribution in [-0.4, -0.2) is 40.4 Å². The molecule has 0 aliphatic carbocycles. The summed E-state index contributed by atoms with van der Waals surface area (Å²) in [6.45, 7) is 2.60. The zero-order chi connectivity index (χ0) is 22.8. The molecule has 2 rings (SSSR count). The van der Waals surface area contributed by atoms with Crippen molar-refractivity contribution in [1.29, 1.82) is 5.26 Å². The van der Waals surface area contributed by atoms with Crippen LogP contribution in [0.4, 0.5) is 0 Å². The van der Waals surface area contributed by atoms with E-state index in [2.05, 4.69) is 5.32 Å². The van der Waals surface area contributed by atoms with Gasteiger partial charge < -0.3 is 24.3 Å². The number of halogens is 1. The average molecular weight is 445 g/mol. The van der Waals surface area contributed by atoms with E-state index in [1.165, 1.54) is 13.2 Å². The molecule has 164 valence electrons. The lowest BCUT2D eigenvalue weighted by molar-refractivity contribution is -0.117. The second kappa shape index (κ2) is 11.7. The third kappa shape index (κ3) is 6.30. The van der Waals surface area contributed by atoms with Crippen LogP contribution >= 0.6 is 11.6 Å². The van der Waals surface area contributed by atoms with Gasteiger partial charge in [-0.1, -0.05) is 17.7 Å². The molecule has 2 aromatic rings. The first kappa shape index (κ1) is 23.9. The van der Waals surface area contributed by atoms with E-state index in [9.17, 15) is 10.1 Å². The van der Waals surface area contributed by atoms with Gasteiger partial charge in [0.25, 0.3) is 5.91 Å². The molecule has 0 spiro atoms. The minimum absolute atomic E-state index is 0.0454. The molecule has 0 atom stereocenters. The van der Waals surface area contributed by atoms with Crippen LogP contribution in [-0.2, 0) is 11.2 Å². The highest BCUT2D eigenvalue weighted by Crippen LogP contribution is 2.37. The Balaban J connectivity index is 2.10. The quantitative estimate of drug-likeness (QED) is 0.439. The average Bonchev–Trinajstić information content (AvgIpc) is 2.77. The van der Waals surface area contributed by atoms with E-state index in [4.69, 9.17) is 30.5 Å². The summed E-state index contributed by atoms with van der Waals surface area (Å²) in [4.78, 5) is 12.5. The van der Waals surface area contributed by atoms with E-state index < -0.39 is 5.91 Å².